The van der Waals surface area contributed by atoms with Gasteiger partial charge in [0, 0.05) is 50.3 Å². The molecule has 1 aromatic heterocycles. The number of benzene rings is 10. The van der Waals surface area contributed by atoms with Crippen LogP contribution in [0.25, 0.3) is 71.7 Å². The van der Waals surface area contributed by atoms with Crippen molar-refractivity contribution in [3.05, 3.63) is 260 Å². The van der Waals surface area contributed by atoms with E-state index in [0.717, 1.165) is 72.8 Å². The van der Waals surface area contributed by atoms with Crippen LogP contribution in [-0.2, 0) is 0 Å². The second kappa shape index (κ2) is 14.5. The van der Waals surface area contributed by atoms with Gasteiger partial charge < -0.3 is 14.4 Å². The average Bonchev–Trinajstić information content (AvgIpc) is 3.95. The lowest BCUT2D eigenvalue weighted by molar-refractivity contribution is 1.19. The van der Waals surface area contributed by atoms with Crippen LogP contribution in [0.3, 0.4) is 0 Å². The maximum absolute atomic E-state index is 4.58. The summed E-state index contributed by atoms with van der Waals surface area (Å²) in [5.74, 6) is 0. The van der Waals surface area contributed by atoms with Crippen molar-refractivity contribution < 1.29 is 0 Å². The van der Waals surface area contributed by atoms with Crippen LogP contribution in [0.5, 0.6) is 0 Å². The standard InChI is InChI=1S/C62H41N3/c1-40-49-22-11-13-25-52(49)54-32-28-45(36-56(40)54)63(43-18-5-3-6-19-43)47-30-34-61-58(38-47)59-39-48(31-35-62(59)65(61)60-27-15-17-42-16-9-10-24-51(42)60)64(44-20-7-4-8-21-44)46-29-33-55-53-26-14-12-23-50(53)41(2)57(55)37-46/h3-39H,1-2H2. The number of hydrogen-bond donors (Lipinski definition) is 0. The van der Waals surface area contributed by atoms with E-state index >= 15 is 0 Å². The van der Waals surface area contributed by atoms with E-state index in [4.69, 9.17) is 0 Å². The highest BCUT2D eigenvalue weighted by Gasteiger charge is 2.27. The minimum Gasteiger partial charge on any atom is -0.310 e. The highest BCUT2D eigenvalue weighted by Crippen LogP contribution is 2.49. The van der Waals surface area contributed by atoms with Crippen molar-refractivity contribution in [3.8, 4) is 27.9 Å². The number of anilines is 6. The third-order valence-corrected chi connectivity index (χ3v) is 13.5. The zero-order valence-corrected chi connectivity index (χ0v) is 35.6. The van der Waals surface area contributed by atoms with E-state index in [1.807, 2.05) is 0 Å². The molecule has 0 radical (unpaired) electrons. The van der Waals surface area contributed by atoms with Crippen LogP contribution in [0.1, 0.15) is 22.3 Å². The molecule has 0 N–H and O–H groups in total. The monoisotopic (exact) mass is 827 g/mol. The number of nitrogens with zero attached hydrogens (tertiary/aromatic N) is 3. The molecule has 10 aromatic carbocycles. The van der Waals surface area contributed by atoms with Crippen LogP contribution in [0, 0.1) is 0 Å². The molecule has 304 valence electrons. The van der Waals surface area contributed by atoms with Gasteiger partial charge in [0.2, 0.25) is 0 Å². The Hall–Kier alpha value is -8.66. The maximum Gasteiger partial charge on any atom is 0.0542 e. The summed E-state index contributed by atoms with van der Waals surface area (Å²) in [5.41, 5.74) is 21.7. The molecule has 0 bridgehead atoms. The van der Waals surface area contributed by atoms with Gasteiger partial charge in [0.25, 0.3) is 0 Å². The third-order valence-electron chi connectivity index (χ3n) is 13.5. The summed E-state index contributed by atoms with van der Waals surface area (Å²) in [7, 11) is 0. The summed E-state index contributed by atoms with van der Waals surface area (Å²) in [6, 6.07) is 81.5. The summed E-state index contributed by atoms with van der Waals surface area (Å²) in [5, 5.41) is 4.74. The molecule has 0 spiro atoms. The molecule has 0 saturated carbocycles. The van der Waals surface area contributed by atoms with E-state index in [2.05, 4.69) is 252 Å². The minimum atomic E-state index is 1.06. The van der Waals surface area contributed by atoms with Crippen LogP contribution in [0.4, 0.5) is 34.1 Å². The van der Waals surface area contributed by atoms with Gasteiger partial charge in [-0.2, -0.15) is 0 Å². The fourth-order valence-corrected chi connectivity index (χ4v) is 10.6. The molecule has 2 aliphatic carbocycles. The molecule has 3 nitrogen and oxygen atoms in total. The third kappa shape index (κ3) is 5.69. The van der Waals surface area contributed by atoms with Crippen LogP contribution in [0.15, 0.2) is 238 Å². The summed E-state index contributed by atoms with van der Waals surface area (Å²) < 4.78 is 2.45. The molecular weight excluding hydrogens is 787 g/mol. The normalized spacial score (nSPS) is 12.4. The fraction of sp³-hybridized carbons (Fsp3) is 0. The molecule has 0 aliphatic heterocycles. The van der Waals surface area contributed by atoms with E-state index in [1.165, 1.54) is 55.3 Å². The molecule has 13 rings (SSSR count). The molecular formula is C62H41N3. The summed E-state index contributed by atoms with van der Waals surface area (Å²) in [6.45, 7) is 9.16. The molecule has 1 heterocycles. The largest absolute Gasteiger partial charge is 0.310 e. The van der Waals surface area contributed by atoms with Crippen molar-refractivity contribution in [1.82, 2.24) is 4.57 Å². The summed E-state index contributed by atoms with van der Waals surface area (Å²) in [4.78, 5) is 4.76. The second-order valence-corrected chi connectivity index (χ2v) is 17.1. The van der Waals surface area contributed by atoms with Crippen molar-refractivity contribution in [3.63, 3.8) is 0 Å². The van der Waals surface area contributed by atoms with Gasteiger partial charge in [0.05, 0.1) is 16.7 Å². The van der Waals surface area contributed by atoms with Gasteiger partial charge in [0.1, 0.15) is 0 Å². The second-order valence-electron chi connectivity index (χ2n) is 17.1. The Morgan fingerprint density at radius 1 is 0.277 bits per heavy atom. The zero-order chi connectivity index (χ0) is 43.2. The number of fused-ring (bicyclic) bond motifs is 10. The van der Waals surface area contributed by atoms with E-state index in [0.29, 0.717) is 0 Å². The Balaban J connectivity index is 1.04. The number of aromatic nitrogens is 1. The lowest BCUT2D eigenvalue weighted by Crippen LogP contribution is -2.10. The zero-order valence-electron chi connectivity index (χ0n) is 35.6. The number of para-hydroxylation sites is 2. The Morgan fingerprint density at radius 2 is 0.677 bits per heavy atom. The van der Waals surface area contributed by atoms with E-state index in [9.17, 15) is 0 Å². The van der Waals surface area contributed by atoms with Crippen molar-refractivity contribution >= 4 is 77.8 Å². The molecule has 0 unspecified atom stereocenters. The highest BCUT2D eigenvalue weighted by atomic mass is 15.2. The summed E-state index contributed by atoms with van der Waals surface area (Å²) >= 11 is 0. The van der Waals surface area contributed by atoms with Gasteiger partial charge in [-0.1, -0.05) is 147 Å². The van der Waals surface area contributed by atoms with Crippen LogP contribution in [-0.4, -0.2) is 4.57 Å². The molecule has 0 amide bonds. The molecule has 0 fully saturated rings. The first kappa shape index (κ1) is 36.9. The number of rotatable bonds is 7. The first-order valence-corrected chi connectivity index (χ1v) is 22.2. The Labute approximate surface area is 378 Å². The Bertz CT molecular complexity index is 3550. The van der Waals surface area contributed by atoms with E-state index in [1.54, 1.807) is 0 Å². The predicted octanol–water partition coefficient (Wildman–Crippen LogP) is 17.0. The first-order chi connectivity index (χ1) is 32.1. The van der Waals surface area contributed by atoms with E-state index in [-0.39, 0.29) is 0 Å². The molecule has 2 aliphatic rings. The average molecular weight is 828 g/mol. The van der Waals surface area contributed by atoms with Crippen LogP contribution >= 0.6 is 0 Å². The Morgan fingerprint density at radius 3 is 1.20 bits per heavy atom. The minimum absolute atomic E-state index is 1.06. The molecule has 11 aromatic rings. The van der Waals surface area contributed by atoms with Gasteiger partial charge in [-0.05, 0) is 152 Å². The van der Waals surface area contributed by atoms with E-state index < -0.39 is 0 Å². The molecule has 3 heteroatoms. The SMILES string of the molecule is C=C1c2ccccc2-c2ccc(N(c3ccccc3)c3ccc4c(c3)c3cc(N(c5ccccc5)c5ccc6c(c5)C(=C)c5ccccc5-6)ccc3n4-c3cccc4ccccc34)cc21. The predicted molar refractivity (Wildman–Crippen MR) is 275 cm³/mol. The van der Waals surface area contributed by atoms with Gasteiger partial charge in [-0.3, -0.25) is 0 Å². The highest BCUT2D eigenvalue weighted by molar-refractivity contribution is 6.13. The van der Waals surface area contributed by atoms with Gasteiger partial charge >= 0.3 is 0 Å². The van der Waals surface area contributed by atoms with Crippen molar-refractivity contribution in [2.45, 2.75) is 0 Å². The lowest BCUT2D eigenvalue weighted by Gasteiger charge is -2.26. The number of hydrogen-bond acceptors (Lipinski definition) is 2. The quantitative estimate of drug-likeness (QED) is 0.159. The lowest BCUT2D eigenvalue weighted by atomic mass is 10.0. The maximum atomic E-state index is 4.58. The fourth-order valence-electron chi connectivity index (χ4n) is 10.6. The van der Waals surface area contributed by atoms with Crippen LogP contribution in [0.2, 0.25) is 0 Å². The smallest absolute Gasteiger partial charge is 0.0542 e. The topological polar surface area (TPSA) is 11.4 Å². The van der Waals surface area contributed by atoms with Crippen molar-refractivity contribution in [1.29, 1.82) is 0 Å². The van der Waals surface area contributed by atoms with Gasteiger partial charge in [-0.25, -0.2) is 0 Å². The summed E-state index contributed by atoms with van der Waals surface area (Å²) in [6.07, 6.45) is 0. The molecule has 0 atom stereocenters. The van der Waals surface area contributed by atoms with Gasteiger partial charge in [0.15, 0.2) is 0 Å². The van der Waals surface area contributed by atoms with Crippen molar-refractivity contribution in [2.24, 2.45) is 0 Å². The van der Waals surface area contributed by atoms with Gasteiger partial charge in [-0.15, -0.1) is 0 Å². The molecule has 65 heavy (non-hydrogen) atoms. The molecule has 0 saturated heterocycles. The van der Waals surface area contributed by atoms with Crippen molar-refractivity contribution in [2.75, 3.05) is 9.80 Å². The first-order valence-electron chi connectivity index (χ1n) is 22.2. The van der Waals surface area contributed by atoms with Crippen LogP contribution < -0.4 is 9.80 Å². The Kier molecular flexibility index (Phi) is 8.21.